The van der Waals surface area contributed by atoms with E-state index in [9.17, 15) is 10.5 Å². The summed E-state index contributed by atoms with van der Waals surface area (Å²) < 4.78 is 6.88. The Morgan fingerprint density at radius 2 is 0.818 bits per heavy atom. The van der Waals surface area contributed by atoms with Crippen LogP contribution < -0.4 is 0 Å². The highest BCUT2D eigenvalue weighted by molar-refractivity contribution is 6.12. The molecule has 0 radical (unpaired) electrons. The van der Waals surface area contributed by atoms with Crippen LogP contribution in [0.3, 0.4) is 0 Å². The van der Waals surface area contributed by atoms with E-state index < -0.39 is 0 Å². The number of nitriles is 2. The summed E-state index contributed by atoms with van der Waals surface area (Å²) in [5.74, 6) is 0. The molecule has 0 aliphatic rings. The van der Waals surface area contributed by atoms with Gasteiger partial charge in [-0.05, 0) is 90.0 Å². The normalized spacial score (nSPS) is 11.6. The minimum absolute atomic E-state index is 0.618. The summed E-state index contributed by atoms with van der Waals surface area (Å²) >= 11 is 0. The van der Waals surface area contributed by atoms with E-state index in [1.54, 1.807) is 0 Å². The SMILES string of the molecule is N#Cc1ccc2c(c1)c1ccccc1n2-c1ccc2c3ccccc3n(-c3cccc(-c4ccc(-n5c6ccccc6c6ccccc65)cc4C#N)c3)c2c1. The lowest BCUT2D eigenvalue weighted by atomic mass is 9.99. The number of aromatic nitrogens is 3. The van der Waals surface area contributed by atoms with Gasteiger partial charge >= 0.3 is 0 Å². The maximum Gasteiger partial charge on any atom is 0.0998 e. The number of rotatable bonds is 4. The minimum atomic E-state index is 0.618. The number of para-hydroxylation sites is 4. The third-order valence-electron chi connectivity index (χ3n) is 11.1. The third-order valence-corrected chi connectivity index (χ3v) is 11.1. The summed E-state index contributed by atoms with van der Waals surface area (Å²) in [5, 5.41) is 27.1. The molecule has 0 bridgehead atoms. The third kappa shape index (κ3) is 4.51. The molecule has 11 rings (SSSR count). The van der Waals surface area contributed by atoms with Crippen molar-refractivity contribution in [2.24, 2.45) is 0 Å². The van der Waals surface area contributed by atoms with Crippen molar-refractivity contribution < 1.29 is 0 Å². The Labute approximate surface area is 316 Å². The average molecular weight is 700 g/mol. The van der Waals surface area contributed by atoms with Gasteiger partial charge in [0.2, 0.25) is 0 Å². The van der Waals surface area contributed by atoms with Crippen LogP contribution >= 0.6 is 0 Å². The van der Waals surface area contributed by atoms with E-state index in [1.807, 2.05) is 18.2 Å². The highest BCUT2D eigenvalue weighted by Gasteiger charge is 2.18. The van der Waals surface area contributed by atoms with E-state index in [0.29, 0.717) is 11.1 Å². The number of nitrogens with zero attached hydrogens (tertiary/aromatic N) is 5. The van der Waals surface area contributed by atoms with Crippen LogP contribution in [0.25, 0.3) is 93.6 Å². The maximum absolute atomic E-state index is 10.6. The van der Waals surface area contributed by atoms with Crippen molar-refractivity contribution in [2.75, 3.05) is 0 Å². The van der Waals surface area contributed by atoms with Crippen LogP contribution in [0.1, 0.15) is 11.1 Å². The average Bonchev–Trinajstić information content (AvgIpc) is 3.88. The zero-order valence-corrected chi connectivity index (χ0v) is 29.5. The first-order chi connectivity index (χ1) is 27.2. The van der Waals surface area contributed by atoms with E-state index in [-0.39, 0.29) is 0 Å². The van der Waals surface area contributed by atoms with E-state index in [2.05, 4.69) is 184 Å². The Balaban J connectivity index is 1.09. The molecule has 0 saturated heterocycles. The molecule has 0 aliphatic carbocycles. The fourth-order valence-corrected chi connectivity index (χ4v) is 8.73. The van der Waals surface area contributed by atoms with Gasteiger partial charge in [-0.25, -0.2) is 0 Å². The molecule has 3 aromatic heterocycles. The van der Waals surface area contributed by atoms with Gasteiger partial charge in [0.25, 0.3) is 0 Å². The fraction of sp³-hybridized carbons (Fsp3) is 0. The second-order valence-corrected chi connectivity index (χ2v) is 14.0. The van der Waals surface area contributed by atoms with Crippen molar-refractivity contribution >= 4 is 65.4 Å². The second-order valence-electron chi connectivity index (χ2n) is 14.0. The summed E-state index contributed by atoms with van der Waals surface area (Å²) in [6.45, 7) is 0. The largest absolute Gasteiger partial charge is 0.309 e. The summed E-state index contributed by atoms with van der Waals surface area (Å²) in [6, 6.07) is 66.0. The zero-order valence-electron chi connectivity index (χ0n) is 29.5. The minimum Gasteiger partial charge on any atom is -0.309 e. The lowest BCUT2D eigenvalue weighted by Crippen LogP contribution is -1.98. The van der Waals surface area contributed by atoms with Gasteiger partial charge in [0.1, 0.15) is 0 Å². The summed E-state index contributed by atoms with van der Waals surface area (Å²) in [6.07, 6.45) is 0. The molecule has 55 heavy (non-hydrogen) atoms. The summed E-state index contributed by atoms with van der Waals surface area (Å²) in [7, 11) is 0. The van der Waals surface area contributed by atoms with Gasteiger partial charge in [0.05, 0.1) is 56.4 Å². The van der Waals surface area contributed by atoms with Gasteiger partial charge in [0, 0.05) is 49.4 Å². The molecule has 3 heterocycles. The van der Waals surface area contributed by atoms with Crippen molar-refractivity contribution in [2.45, 2.75) is 0 Å². The van der Waals surface area contributed by atoms with Crippen LogP contribution in [0.5, 0.6) is 0 Å². The Morgan fingerprint density at radius 1 is 0.327 bits per heavy atom. The maximum atomic E-state index is 10.6. The molecular weight excluding hydrogens is 671 g/mol. The zero-order chi connectivity index (χ0) is 36.6. The van der Waals surface area contributed by atoms with Crippen molar-refractivity contribution in [1.29, 1.82) is 10.5 Å². The van der Waals surface area contributed by atoms with Gasteiger partial charge in [-0.3, -0.25) is 0 Å². The molecule has 0 aliphatic heterocycles. The van der Waals surface area contributed by atoms with Crippen LogP contribution in [0.2, 0.25) is 0 Å². The molecule has 0 fully saturated rings. The van der Waals surface area contributed by atoms with Crippen molar-refractivity contribution in [3.8, 4) is 40.3 Å². The monoisotopic (exact) mass is 699 g/mol. The molecule has 0 N–H and O–H groups in total. The highest BCUT2D eigenvalue weighted by Crippen LogP contribution is 2.39. The van der Waals surface area contributed by atoms with Crippen LogP contribution in [-0.4, -0.2) is 13.7 Å². The first kappa shape index (κ1) is 30.7. The molecule has 0 atom stereocenters. The van der Waals surface area contributed by atoms with Gasteiger partial charge in [-0.15, -0.1) is 0 Å². The number of hydrogen-bond donors (Lipinski definition) is 0. The van der Waals surface area contributed by atoms with Gasteiger partial charge < -0.3 is 13.7 Å². The number of fused-ring (bicyclic) bond motifs is 9. The Bertz CT molecular complexity index is 3420. The topological polar surface area (TPSA) is 62.4 Å². The lowest BCUT2D eigenvalue weighted by Gasteiger charge is -2.14. The van der Waals surface area contributed by atoms with Crippen molar-refractivity contribution in [3.63, 3.8) is 0 Å². The van der Waals surface area contributed by atoms with Crippen LogP contribution in [-0.2, 0) is 0 Å². The summed E-state index contributed by atoms with van der Waals surface area (Å²) in [4.78, 5) is 0. The first-order valence-electron chi connectivity index (χ1n) is 18.3. The molecule has 0 unspecified atom stereocenters. The van der Waals surface area contributed by atoms with Gasteiger partial charge in [0.15, 0.2) is 0 Å². The molecule has 254 valence electrons. The van der Waals surface area contributed by atoms with Crippen LogP contribution in [0.4, 0.5) is 0 Å². The molecule has 0 amide bonds. The van der Waals surface area contributed by atoms with E-state index >= 15 is 0 Å². The predicted molar refractivity (Wildman–Crippen MR) is 224 cm³/mol. The van der Waals surface area contributed by atoms with Crippen LogP contribution in [0.15, 0.2) is 176 Å². The molecule has 8 aromatic carbocycles. The molecule has 0 spiro atoms. The van der Waals surface area contributed by atoms with E-state index in [4.69, 9.17) is 0 Å². The van der Waals surface area contributed by atoms with Crippen molar-refractivity contribution in [1.82, 2.24) is 13.7 Å². The van der Waals surface area contributed by atoms with Gasteiger partial charge in [-0.1, -0.05) is 97.1 Å². The Kier molecular flexibility index (Phi) is 6.61. The van der Waals surface area contributed by atoms with Gasteiger partial charge in [-0.2, -0.15) is 10.5 Å². The Hall–Kier alpha value is -7.86. The lowest BCUT2D eigenvalue weighted by molar-refractivity contribution is 1.15. The Morgan fingerprint density at radius 3 is 1.42 bits per heavy atom. The van der Waals surface area contributed by atoms with E-state index in [0.717, 1.165) is 77.4 Å². The predicted octanol–water partition coefficient (Wildman–Crippen LogP) is 12.4. The fourth-order valence-electron chi connectivity index (χ4n) is 8.73. The first-order valence-corrected chi connectivity index (χ1v) is 18.3. The molecule has 0 saturated carbocycles. The molecule has 5 heteroatoms. The molecule has 5 nitrogen and oxygen atoms in total. The number of hydrogen-bond acceptors (Lipinski definition) is 2. The van der Waals surface area contributed by atoms with Crippen molar-refractivity contribution in [3.05, 3.63) is 187 Å². The summed E-state index contributed by atoms with van der Waals surface area (Å²) in [5.41, 5.74) is 12.7. The quantitative estimate of drug-likeness (QED) is 0.184. The second kappa shape index (κ2) is 11.8. The highest BCUT2D eigenvalue weighted by atomic mass is 15.0. The smallest absolute Gasteiger partial charge is 0.0998 e. The van der Waals surface area contributed by atoms with E-state index in [1.165, 1.54) is 16.2 Å². The standard InChI is InChI=1S/C50H29N5/c51-30-32-20-25-49-44(26-32)42-15-4-8-19-48(42)54(49)37-22-24-43-41-14-3-7-18-47(41)55(50(43)29-37)35-11-9-10-33(27-35)38-23-21-36(28-34(38)31-52)53-45-16-5-1-12-39(45)40-13-2-6-17-46(40)53/h1-29H. The van der Waals surface area contributed by atoms with Crippen LogP contribution in [0, 0.1) is 22.7 Å². The molecule has 11 aromatic rings. The number of benzene rings is 8. The molecular formula is C50H29N5.